The lowest BCUT2D eigenvalue weighted by atomic mass is 10.1. The maximum absolute atomic E-state index is 12.5. The van der Waals surface area contributed by atoms with Crippen LogP contribution in [-0.2, 0) is 16.6 Å². The Labute approximate surface area is 138 Å². The van der Waals surface area contributed by atoms with Crippen molar-refractivity contribution >= 4 is 32.3 Å². The van der Waals surface area contributed by atoms with Gasteiger partial charge in [-0.2, -0.15) is 5.10 Å². The Morgan fingerprint density at radius 3 is 2.96 bits per heavy atom. The Hall–Kier alpha value is -2.83. The molecule has 2 heterocycles. The van der Waals surface area contributed by atoms with E-state index in [0.29, 0.717) is 22.3 Å². The van der Waals surface area contributed by atoms with Crippen LogP contribution in [0.15, 0.2) is 35.6 Å². The Morgan fingerprint density at radius 1 is 1.46 bits per heavy atom. The van der Waals surface area contributed by atoms with Crippen molar-refractivity contribution in [2.75, 3.05) is 11.3 Å². The molecule has 0 aliphatic heterocycles. The molecule has 0 radical (unpaired) electrons. The molecule has 0 aliphatic rings. The second-order valence-electron chi connectivity index (χ2n) is 5.23. The van der Waals surface area contributed by atoms with Crippen molar-refractivity contribution < 1.29 is 13.5 Å². The monoisotopic (exact) mass is 345 g/mol. The molecule has 2 aromatic heterocycles. The Bertz CT molecular complexity index is 1040. The van der Waals surface area contributed by atoms with Crippen LogP contribution in [0.1, 0.15) is 5.56 Å². The molecule has 0 atom stereocenters. The van der Waals surface area contributed by atoms with Crippen molar-refractivity contribution in [1.29, 1.82) is 0 Å². The number of benzene rings is 1. The van der Waals surface area contributed by atoms with Crippen LogP contribution < -0.4 is 4.72 Å². The fourth-order valence-electron chi connectivity index (χ4n) is 2.48. The Balaban J connectivity index is 2.01. The SMILES string of the molecule is [C-]#[N+]c1c[nH]c2c(NS(=O)(=O)c3cnn(CCO)c3)ccc(C)c12. The molecule has 0 bridgehead atoms. The molecule has 124 valence electrons. The average molecular weight is 345 g/mol. The molecule has 0 unspecified atom stereocenters. The van der Waals surface area contributed by atoms with Gasteiger partial charge in [-0.05, 0) is 13.0 Å². The van der Waals surface area contributed by atoms with Crippen LogP contribution in [0.5, 0.6) is 0 Å². The highest BCUT2D eigenvalue weighted by Gasteiger charge is 2.19. The number of nitrogens with zero attached hydrogens (tertiary/aromatic N) is 3. The number of aliphatic hydroxyl groups excluding tert-OH is 1. The van der Waals surface area contributed by atoms with E-state index >= 15 is 0 Å². The number of aromatic amines is 1. The van der Waals surface area contributed by atoms with Crippen LogP contribution in [0, 0.1) is 13.5 Å². The molecule has 24 heavy (non-hydrogen) atoms. The van der Waals surface area contributed by atoms with Gasteiger partial charge in [0.15, 0.2) is 0 Å². The highest BCUT2D eigenvalue weighted by atomic mass is 32.2. The topological polar surface area (TPSA) is 104 Å². The molecule has 3 rings (SSSR count). The summed E-state index contributed by atoms with van der Waals surface area (Å²) in [6, 6.07) is 3.41. The van der Waals surface area contributed by atoms with Gasteiger partial charge in [-0.25, -0.2) is 13.3 Å². The Morgan fingerprint density at radius 2 is 2.25 bits per heavy atom. The molecule has 3 N–H and O–H groups in total. The lowest BCUT2D eigenvalue weighted by Crippen LogP contribution is -2.13. The number of fused-ring (bicyclic) bond motifs is 1. The number of aromatic nitrogens is 3. The van der Waals surface area contributed by atoms with Crippen molar-refractivity contribution in [2.24, 2.45) is 0 Å². The third kappa shape index (κ3) is 2.73. The normalized spacial score (nSPS) is 11.5. The zero-order valence-corrected chi connectivity index (χ0v) is 13.6. The largest absolute Gasteiger partial charge is 0.394 e. The van der Waals surface area contributed by atoms with Gasteiger partial charge in [0.25, 0.3) is 10.0 Å². The number of hydrogen-bond acceptors (Lipinski definition) is 4. The summed E-state index contributed by atoms with van der Waals surface area (Å²) in [5.41, 5.74) is 2.25. The van der Waals surface area contributed by atoms with E-state index in [0.717, 1.165) is 5.56 Å². The molecular weight excluding hydrogens is 330 g/mol. The number of hydrogen-bond donors (Lipinski definition) is 3. The molecule has 8 nitrogen and oxygen atoms in total. The molecule has 0 saturated carbocycles. The predicted octanol–water partition coefficient (Wildman–Crippen LogP) is 2.02. The lowest BCUT2D eigenvalue weighted by molar-refractivity contribution is 0.269. The van der Waals surface area contributed by atoms with Crippen molar-refractivity contribution in [1.82, 2.24) is 14.8 Å². The van der Waals surface area contributed by atoms with E-state index in [1.807, 2.05) is 6.92 Å². The molecule has 0 saturated heterocycles. The summed E-state index contributed by atoms with van der Waals surface area (Å²) in [6.07, 6.45) is 4.13. The van der Waals surface area contributed by atoms with Crippen LogP contribution in [0.2, 0.25) is 0 Å². The summed E-state index contributed by atoms with van der Waals surface area (Å²) >= 11 is 0. The van der Waals surface area contributed by atoms with E-state index < -0.39 is 10.0 Å². The lowest BCUT2D eigenvalue weighted by Gasteiger charge is -2.09. The quantitative estimate of drug-likeness (QED) is 0.615. The number of sulfonamides is 1. The van der Waals surface area contributed by atoms with Crippen molar-refractivity contribution in [2.45, 2.75) is 18.4 Å². The maximum Gasteiger partial charge on any atom is 0.265 e. The van der Waals surface area contributed by atoms with Gasteiger partial charge < -0.3 is 10.1 Å². The van der Waals surface area contributed by atoms with Crippen LogP contribution in [0.3, 0.4) is 0 Å². The average Bonchev–Trinajstić information content (AvgIpc) is 3.18. The number of anilines is 1. The van der Waals surface area contributed by atoms with Gasteiger partial charge in [-0.15, -0.1) is 0 Å². The second-order valence-corrected chi connectivity index (χ2v) is 6.92. The van der Waals surface area contributed by atoms with Gasteiger partial charge in [-0.3, -0.25) is 9.40 Å². The summed E-state index contributed by atoms with van der Waals surface area (Å²) in [5, 5.41) is 13.5. The Kier molecular flexibility index (Phi) is 4.01. The summed E-state index contributed by atoms with van der Waals surface area (Å²) in [6.45, 7) is 9.15. The standard InChI is InChI=1S/C15H15N5O3S/c1-10-3-4-12(15-14(10)13(16-2)8-17-15)19-24(22,23)11-7-18-20(9-11)5-6-21/h3-4,7-9,17,19,21H,5-6H2,1H3. The van der Waals surface area contributed by atoms with Gasteiger partial charge in [0.05, 0.1) is 37.1 Å². The van der Waals surface area contributed by atoms with E-state index in [-0.39, 0.29) is 18.0 Å². The van der Waals surface area contributed by atoms with Gasteiger partial charge in [0, 0.05) is 17.8 Å². The van der Waals surface area contributed by atoms with Gasteiger partial charge >= 0.3 is 0 Å². The molecule has 0 fully saturated rings. The first-order chi connectivity index (χ1) is 11.5. The first-order valence-electron chi connectivity index (χ1n) is 7.10. The zero-order chi connectivity index (χ0) is 17.3. The van der Waals surface area contributed by atoms with E-state index in [2.05, 4.69) is 19.6 Å². The van der Waals surface area contributed by atoms with Crippen molar-refractivity contribution in [3.63, 3.8) is 0 Å². The first-order valence-corrected chi connectivity index (χ1v) is 8.59. The minimum absolute atomic E-state index is 0.00151. The van der Waals surface area contributed by atoms with Crippen molar-refractivity contribution in [3.05, 3.63) is 47.7 Å². The summed E-state index contributed by atoms with van der Waals surface area (Å²) in [7, 11) is -3.83. The van der Waals surface area contributed by atoms with E-state index in [9.17, 15) is 8.42 Å². The van der Waals surface area contributed by atoms with Crippen LogP contribution in [0.4, 0.5) is 11.4 Å². The fraction of sp³-hybridized carbons (Fsp3) is 0.200. The van der Waals surface area contributed by atoms with Gasteiger partial charge in [0.1, 0.15) is 4.90 Å². The molecule has 0 spiro atoms. The fourth-order valence-corrected chi connectivity index (χ4v) is 3.51. The van der Waals surface area contributed by atoms with Gasteiger partial charge in [0.2, 0.25) is 5.69 Å². The highest BCUT2D eigenvalue weighted by Crippen LogP contribution is 2.34. The van der Waals surface area contributed by atoms with Gasteiger partial charge in [-0.1, -0.05) is 11.6 Å². The number of nitrogens with one attached hydrogen (secondary N) is 2. The smallest absolute Gasteiger partial charge is 0.265 e. The molecular formula is C15H15N5O3S. The van der Waals surface area contributed by atoms with E-state index in [1.54, 1.807) is 18.3 Å². The van der Waals surface area contributed by atoms with Crippen LogP contribution >= 0.6 is 0 Å². The van der Waals surface area contributed by atoms with E-state index in [1.165, 1.54) is 17.1 Å². The highest BCUT2D eigenvalue weighted by molar-refractivity contribution is 7.92. The number of rotatable bonds is 5. The summed E-state index contributed by atoms with van der Waals surface area (Å²) in [4.78, 5) is 6.40. The molecule has 9 heteroatoms. The minimum atomic E-state index is -3.83. The van der Waals surface area contributed by atoms with Crippen molar-refractivity contribution in [3.8, 4) is 0 Å². The van der Waals surface area contributed by atoms with E-state index in [4.69, 9.17) is 11.7 Å². The number of H-pyrrole nitrogens is 1. The maximum atomic E-state index is 12.5. The number of aliphatic hydroxyl groups is 1. The van der Waals surface area contributed by atoms with Crippen LogP contribution in [-0.4, -0.2) is 34.9 Å². The molecule has 3 aromatic rings. The predicted molar refractivity (Wildman–Crippen MR) is 89.4 cm³/mol. The third-order valence-corrected chi connectivity index (χ3v) is 4.96. The summed E-state index contributed by atoms with van der Waals surface area (Å²) < 4.78 is 28.9. The molecule has 1 aromatic carbocycles. The number of aryl methyl sites for hydroxylation is 1. The second kappa shape index (κ2) is 5.99. The third-order valence-electron chi connectivity index (χ3n) is 3.64. The molecule has 0 aliphatic carbocycles. The zero-order valence-electron chi connectivity index (χ0n) is 12.8. The summed E-state index contributed by atoms with van der Waals surface area (Å²) in [5.74, 6) is 0. The van der Waals surface area contributed by atoms with Crippen LogP contribution in [0.25, 0.3) is 15.7 Å². The minimum Gasteiger partial charge on any atom is -0.394 e. The first kappa shape index (κ1) is 16.0. The molecule has 0 amide bonds.